The van der Waals surface area contributed by atoms with Crippen molar-refractivity contribution < 1.29 is 19.1 Å². The first-order valence-corrected chi connectivity index (χ1v) is 11.4. The minimum atomic E-state index is -0.765. The molecule has 5 atom stereocenters. The number of rotatable bonds is 6. The lowest BCUT2D eigenvalue weighted by molar-refractivity contribution is -0.129. The fourth-order valence-corrected chi connectivity index (χ4v) is 5.33. The van der Waals surface area contributed by atoms with E-state index in [4.69, 9.17) is 4.74 Å². The van der Waals surface area contributed by atoms with E-state index in [2.05, 4.69) is 21.7 Å². The van der Waals surface area contributed by atoms with Gasteiger partial charge in [0.2, 0.25) is 11.8 Å². The smallest absolute Gasteiger partial charge is 0.271 e. The molecule has 2 saturated heterocycles. The molecule has 3 aliphatic rings. The normalized spacial score (nSPS) is 26.8. The average Bonchev–Trinajstić information content (AvgIpc) is 3.27. The lowest BCUT2D eigenvalue weighted by Crippen LogP contribution is -2.51. The quantitative estimate of drug-likeness (QED) is 0.617. The predicted molar refractivity (Wildman–Crippen MR) is 119 cm³/mol. The molecule has 1 aromatic carbocycles. The van der Waals surface area contributed by atoms with Gasteiger partial charge in [-0.2, -0.15) is 5.26 Å². The topological polar surface area (TPSA) is 127 Å². The van der Waals surface area contributed by atoms with Gasteiger partial charge in [-0.3, -0.25) is 14.4 Å². The lowest BCUT2D eigenvalue weighted by atomic mass is 9.92. The number of nitrogens with one attached hydrogen (secondary N) is 3. The molecule has 1 saturated carbocycles. The molecule has 3 N–H and O–H groups in total. The van der Waals surface area contributed by atoms with Gasteiger partial charge in [0, 0.05) is 29.9 Å². The van der Waals surface area contributed by atoms with Crippen molar-refractivity contribution in [1.82, 2.24) is 20.5 Å². The van der Waals surface area contributed by atoms with Crippen molar-refractivity contribution in [3.8, 4) is 11.8 Å². The van der Waals surface area contributed by atoms with Gasteiger partial charge in [0.1, 0.15) is 23.5 Å². The molecule has 5 unspecified atom stereocenters. The molecule has 9 heteroatoms. The van der Waals surface area contributed by atoms with Crippen LogP contribution in [-0.2, 0) is 9.59 Å². The number of nitrogens with zero attached hydrogens (tertiary/aromatic N) is 2. The summed E-state index contributed by atoms with van der Waals surface area (Å²) < 4.78 is 5.39. The Morgan fingerprint density at radius 3 is 3.00 bits per heavy atom. The number of amides is 3. The van der Waals surface area contributed by atoms with Gasteiger partial charge in [-0.1, -0.05) is 6.07 Å². The fraction of sp³-hybridized carbons (Fsp3) is 0.500. The van der Waals surface area contributed by atoms with Gasteiger partial charge in [0.25, 0.3) is 5.91 Å². The van der Waals surface area contributed by atoms with E-state index >= 15 is 0 Å². The molecule has 3 amide bonds. The van der Waals surface area contributed by atoms with E-state index in [1.54, 1.807) is 18.1 Å². The van der Waals surface area contributed by atoms with Crippen LogP contribution >= 0.6 is 0 Å². The molecule has 3 heterocycles. The molecule has 1 aliphatic carbocycles. The highest BCUT2D eigenvalue weighted by molar-refractivity contribution is 6.02. The summed E-state index contributed by atoms with van der Waals surface area (Å²) in [5.41, 5.74) is 1.20. The molecule has 172 valence electrons. The Morgan fingerprint density at radius 1 is 1.39 bits per heavy atom. The van der Waals surface area contributed by atoms with Crippen molar-refractivity contribution in [2.45, 2.75) is 37.8 Å². The summed E-state index contributed by atoms with van der Waals surface area (Å²) in [7, 11) is 1.58. The number of carbonyl (C=O) groups is 3. The molecule has 5 rings (SSSR count). The number of hydrogen-bond acceptors (Lipinski definition) is 5. The van der Waals surface area contributed by atoms with Gasteiger partial charge in [-0.25, -0.2) is 0 Å². The maximum Gasteiger partial charge on any atom is 0.271 e. The summed E-state index contributed by atoms with van der Waals surface area (Å²) in [6.07, 6.45) is 2.77. The maximum atomic E-state index is 13.4. The second-order valence-corrected chi connectivity index (χ2v) is 9.22. The first-order chi connectivity index (χ1) is 16.0. The number of ether oxygens (including phenoxy) is 1. The zero-order valence-electron chi connectivity index (χ0n) is 18.5. The zero-order chi connectivity index (χ0) is 23.1. The first-order valence-electron chi connectivity index (χ1n) is 11.4. The molecular formula is C24H27N5O4. The van der Waals surface area contributed by atoms with Crippen LogP contribution in [0.1, 0.15) is 36.2 Å². The minimum absolute atomic E-state index is 0.0649. The van der Waals surface area contributed by atoms with Crippen LogP contribution in [0.25, 0.3) is 10.9 Å². The number of fused-ring (bicyclic) bond motifs is 2. The van der Waals surface area contributed by atoms with Crippen molar-refractivity contribution in [3.63, 3.8) is 0 Å². The second kappa shape index (κ2) is 8.43. The Labute approximate surface area is 191 Å². The van der Waals surface area contributed by atoms with Crippen molar-refractivity contribution >= 4 is 28.6 Å². The standard InChI is InChI=1S/C24H27N5O4/c1-33-20-6-2-5-18-17(20)10-19(28-18)24(32)29-12-14-9-16(14)21(29)23(31)27-15(11-25)8-13-4-3-7-26-22(13)30/h2,5-6,10,13-16,21,28H,3-4,7-9,12H2,1H3,(H,26,30)(H,27,31). The van der Waals surface area contributed by atoms with E-state index in [-0.39, 0.29) is 36.0 Å². The van der Waals surface area contributed by atoms with E-state index in [1.807, 2.05) is 18.2 Å². The number of H-pyrrole nitrogens is 1. The molecular weight excluding hydrogens is 422 g/mol. The summed E-state index contributed by atoms with van der Waals surface area (Å²) in [4.78, 5) is 43.4. The van der Waals surface area contributed by atoms with Crippen LogP contribution < -0.4 is 15.4 Å². The van der Waals surface area contributed by atoms with Crippen LogP contribution in [0, 0.1) is 29.1 Å². The van der Waals surface area contributed by atoms with E-state index < -0.39 is 12.1 Å². The molecule has 2 aromatic rings. The van der Waals surface area contributed by atoms with Gasteiger partial charge >= 0.3 is 0 Å². The van der Waals surface area contributed by atoms with E-state index in [9.17, 15) is 19.6 Å². The van der Waals surface area contributed by atoms with Crippen LogP contribution in [0.3, 0.4) is 0 Å². The SMILES string of the molecule is COc1cccc2[nH]c(C(=O)N3CC4CC4C3C(=O)NC(C#N)CC3CCCNC3=O)cc12. The number of aromatic amines is 1. The Hall–Kier alpha value is -3.54. The summed E-state index contributed by atoms with van der Waals surface area (Å²) >= 11 is 0. The molecule has 0 radical (unpaired) electrons. The molecule has 0 bridgehead atoms. The van der Waals surface area contributed by atoms with E-state index in [1.165, 1.54) is 0 Å². The number of methoxy groups -OCH3 is 1. The second-order valence-electron chi connectivity index (χ2n) is 9.22. The highest BCUT2D eigenvalue weighted by Gasteiger charge is 2.57. The van der Waals surface area contributed by atoms with Crippen LogP contribution in [0.4, 0.5) is 0 Å². The third-order valence-corrected chi connectivity index (χ3v) is 7.15. The number of nitriles is 1. The number of hydrogen-bond donors (Lipinski definition) is 3. The summed E-state index contributed by atoms with van der Waals surface area (Å²) in [6.45, 7) is 1.18. The Balaban J connectivity index is 1.31. The number of piperidine rings is 2. The van der Waals surface area contributed by atoms with Crippen LogP contribution in [0.15, 0.2) is 24.3 Å². The third-order valence-electron chi connectivity index (χ3n) is 7.15. The highest BCUT2D eigenvalue weighted by Crippen LogP contribution is 2.50. The van der Waals surface area contributed by atoms with Crippen molar-refractivity contribution in [2.75, 3.05) is 20.2 Å². The maximum absolute atomic E-state index is 13.4. The van der Waals surface area contributed by atoms with E-state index in [0.717, 1.165) is 23.7 Å². The molecule has 9 nitrogen and oxygen atoms in total. The third kappa shape index (κ3) is 3.90. The largest absolute Gasteiger partial charge is 0.496 e. The number of carbonyl (C=O) groups excluding carboxylic acids is 3. The number of likely N-dealkylation sites (tertiary alicyclic amines) is 1. The summed E-state index contributed by atoms with van der Waals surface area (Å²) in [5.74, 6) is 0.207. The van der Waals surface area contributed by atoms with Gasteiger partial charge in [-0.15, -0.1) is 0 Å². The van der Waals surface area contributed by atoms with Gasteiger partial charge in [0.15, 0.2) is 0 Å². The number of benzene rings is 1. The van der Waals surface area contributed by atoms with Gasteiger partial charge in [-0.05, 0) is 55.7 Å². The van der Waals surface area contributed by atoms with Crippen molar-refractivity contribution in [1.29, 1.82) is 5.26 Å². The fourth-order valence-electron chi connectivity index (χ4n) is 5.33. The monoisotopic (exact) mass is 449 g/mol. The van der Waals surface area contributed by atoms with E-state index in [0.29, 0.717) is 36.9 Å². The molecule has 0 spiro atoms. The summed E-state index contributed by atoms with van der Waals surface area (Å²) in [5, 5.41) is 16.0. The van der Waals surface area contributed by atoms with Crippen LogP contribution in [-0.4, -0.2) is 59.9 Å². The zero-order valence-corrected chi connectivity index (χ0v) is 18.5. The Morgan fingerprint density at radius 2 is 2.24 bits per heavy atom. The van der Waals surface area contributed by atoms with Crippen LogP contribution in [0.2, 0.25) is 0 Å². The van der Waals surface area contributed by atoms with Crippen molar-refractivity contribution in [2.24, 2.45) is 17.8 Å². The lowest BCUT2D eigenvalue weighted by Gasteiger charge is -2.28. The minimum Gasteiger partial charge on any atom is -0.496 e. The molecule has 2 aliphatic heterocycles. The van der Waals surface area contributed by atoms with Crippen LogP contribution in [0.5, 0.6) is 5.75 Å². The van der Waals surface area contributed by atoms with Crippen molar-refractivity contribution in [3.05, 3.63) is 30.0 Å². The molecule has 1 aromatic heterocycles. The van der Waals surface area contributed by atoms with Gasteiger partial charge < -0.3 is 25.3 Å². The highest BCUT2D eigenvalue weighted by atomic mass is 16.5. The summed E-state index contributed by atoms with van der Waals surface area (Å²) in [6, 6.07) is 8.07. The predicted octanol–water partition coefficient (Wildman–Crippen LogP) is 1.56. The Kier molecular flexibility index (Phi) is 5.44. The molecule has 3 fully saturated rings. The average molecular weight is 450 g/mol. The Bertz CT molecular complexity index is 1150. The van der Waals surface area contributed by atoms with Gasteiger partial charge in [0.05, 0.1) is 13.2 Å². The number of aromatic nitrogens is 1. The first kappa shape index (κ1) is 21.3. The molecule has 33 heavy (non-hydrogen) atoms.